The van der Waals surface area contributed by atoms with Gasteiger partial charge in [0, 0.05) is 7.05 Å². The molecule has 1 N–H and O–H groups in total. The Hall–Kier alpha value is -1.78. The fraction of sp³-hybridized carbons (Fsp3) is 0.300. The smallest absolute Gasteiger partial charge is 0.321 e. The quantitative estimate of drug-likeness (QED) is 0.640. The Balaban J connectivity index is 3.43. The number of likely N-dealkylation sites (N-methyl/N-ethyl adjacent to an activating group) is 1. The van der Waals surface area contributed by atoms with Gasteiger partial charge < -0.3 is 5.11 Å². The monoisotopic (exact) mass is 340 g/mol. The molecular formula is C10H10ClFN2O6S. The van der Waals surface area contributed by atoms with Gasteiger partial charge in [-0.2, -0.15) is 4.31 Å². The van der Waals surface area contributed by atoms with Crippen LogP contribution in [-0.4, -0.2) is 41.8 Å². The summed E-state index contributed by atoms with van der Waals surface area (Å²) in [5.41, 5.74) is -0.790. The van der Waals surface area contributed by atoms with E-state index in [2.05, 4.69) is 0 Å². The summed E-state index contributed by atoms with van der Waals surface area (Å²) < 4.78 is 38.5. The molecule has 0 aliphatic heterocycles. The summed E-state index contributed by atoms with van der Waals surface area (Å²) in [6, 6.07) is -0.507. The zero-order valence-electron chi connectivity index (χ0n) is 10.8. The molecule has 0 aliphatic rings. The zero-order chi connectivity index (χ0) is 16.5. The lowest BCUT2D eigenvalue weighted by Crippen LogP contribution is -2.40. The minimum atomic E-state index is -4.51. The first-order chi connectivity index (χ1) is 9.50. The molecule has 0 saturated heterocycles. The van der Waals surface area contributed by atoms with Gasteiger partial charge in [0.15, 0.2) is 0 Å². The van der Waals surface area contributed by atoms with E-state index in [9.17, 15) is 27.7 Å². The molecule has 1 unspecified atom stereocenters. The van der Waals surface area contributed by atoms with Gasteiger partial charge in [-0.3, -0.25) is 14.9 Å². The molecule has 0 amide bonds. The number of nitro benzene ring substituents is 1. The number of rotatable bonds is 5. The average Bonchev–Trinajstić information content (AvgIpc) is 2.38. The first-order valence-corrected chi connectivity index (χ1v) is 7.16. The first-order valence-electron chi connectivity index (χ1n) is 5.34. The third-order valence-electron chi connectivity index (χ3n) is 2.76. The molecule has 0 aliphatic carbocycles. The van der Waals surface area contributed by atoms with Crippen molar-refractivity contribution in [2.45, 2.75) is 17.9 Å². The van der Waals surface area contributed by atoms with Crippen LogP contribution in [0.2, 0.25) is 5.02 Å². The Morgan fingerprint density at radius 2 is 2.05 bits per heavy atom. The zero-order valence-corrected chi connectivity index (χ0v) is 12.4. The highest BCUT2D eigenvalue weighted by Gasteiger charge is 2.33. The third-order valence-corrected chi connectivity index (χ3v) is 5.00. The third kappa shape index (κ3) is 3.28. The molecule has 1 rings (SSSR count). The Morgan fingerprint density at radius 3 is 2.48 bits per heavy atom. The topological polar surface area (TPSA) is 118 Å². The maximum atomic E-state index is 13.8. The minimum absolute atomic E-state index is 0.370. The molecule has 0 radical (unpaired) electrons. The van der Waals surface area contributed by atoms with E-state index < -0.39 is 48.4 Å². The van der Waals surface area contributed by atoms with Gasteiger partial charge in [0.05, 0.1) is 11.0 Å². The lowest BCUT2D eigenvalue weighted by atomic mass is 10.3. The van der Waals surface area contributed by atoms with E-state index >= 15 is 0 Å². The second-order valence-electron chi connectivity index (χ2n) is 4.03. The number of sulfonamides is 1. The van der Waals surface area contributed by atoms with Gasteiger partial charge in [0.1, 0.15) is 21.8 Å². The standard InChI is InChI=1S/C10H10ClFN2O6S/c1-5(10(15)16)13(2)21(19,20)9-3-6(11)8(14(17)18)4-7(9)12/h3-5H,1-2H3,(H,15,16). The Bertz CT molecular complexity index is 708. The van der Waals surface area contributed by atoms with E-state index in [1.54, 1.807) is 0 Å². The number of carboxylic acid groups (broad SMARTS) is 1. The lowest BCUT2D eigenvalue weighted by Gasteiger charge is -2.21. The van der Waals surface area contributed by atoms with Crippen LogP contribution in [0.5, 0.6) is 0 Å². The molecule has 0 bridgehead atoms. The lowest BCUT2D eigenvalue weighted by molar-refractivity contribution is -0.384. The minimum Gasteiger partial charge on any atom is -0.480 e. The van der Waals surface area contributed by atoms with Crippen LogP contribution in [0, 0.1) is 15.9 Å². The second-order valence-corrected chi connectivity index (χ2v) is 6.40. The number of nitro groups is 1. The summed E-state index contributed by atoms with van der Waals surface area (Å²) in [6.07, 6.45) is 0. The summed E-state index contributed by atoms with van der Waals surface area (Å²) in [6.45, 7) is 1.09. The van der Waals surface area contributed by atoms with Crippen molar-refractivity contribution in [3.8, 4) is 0 Å². The van der Waals surface area contributed by atoms with Gasteiger partial charge in [0.2, 0.25) is 10.0 Å². The van der Waals surface area contributed by atoms with E-state index in [1.807, 2.05) is 0 Å². The number of carbonyl (C=O) groups is 1. The van der Waals surface area contributed by atoms with Gasteiger partial charge >= 0.3 is 5.97 Å². The van der Waals surface area contributed by atoms with Gasteiger partial charge in [-0.15, -0.1) is 0 Å². The average molecular weight is 341 g/mol. The first kappa shape index (κ1) is 17.3. The van der Waals surface area contributed by atoms with Crippen molar-refractivity contribution in [1.82, 2.24) is 4.31 Å². The Kier molecular flexibility index (Phi) is 4.87. The molecule has 21 heavy (non-hydrogen) atoms. The summed E-state index contributed by atoms with van der Waals surface area (Å²) in [7, 11) is -3.56. The van der Waals surface area contributed by atoms with Crippen molar-refractivity contribution in [2.24, 2.45) is 0 Å². The van der Waals surface area contributed by atoms with E-state index in [0.29, 0.717) is 16.4 Å². The number of hydrogen-bond acceptors (Lipinski definition) is 5. The summed E-state index contributed by atoms with van der Waals surface area (Å²) in [4.78, 5) is 19.5. The predicted octanol–water partition coefficient (Wildman–Crippen LogP) is 1.48. The second kappa shape index (κ2) is 5.92. The largest absolute Gasteiger partial charge is 0.480 e. The van der Waals surface area contributed by atoms with Crippen LogP contribution < -0.4 is 0 Å². The molecule has 8 nitrogen and oxygen atoms in total. The van der Waals surface area contributed by atoms with Crippen molar-refractivity contribution in [3.63, 3.8) is 0 Å². The molecule has 0 heterocycles. The van der Waals surface area contributed by atoms with Gasteiger partial charge in [-0.25, -0.2) is 12.8 Å². The van der Waals surface area contributed by atoms with Crippen LogP contribution >= 0.6 is 11.6 Å². The summed E-state index contributed by atoms with van der Waals surface area (Å²) in [5.74, 6) is -2.83. The summed E-state index contributed by atoms with van der Waals surface area (Å²) in [5, 5.41) is 18.8. The van der Waals surface area contributed by atoms with Crippen LogP contribution in [-0.2, 0) is 14.8 Å². The Labute approximate surface area is 123 Å². The van der Waals surface area contributed by atoms with Crippen LogP contribution in [0.15, 0.2) is 17.0 Å². The molecule has 1 atom stereocenters. The number of halogens is 2. The molecular weight excluding hydrogens is 331 g/mol. The van der Waals surface area contributed by atoms with Crippen molar-refractivity contribution in [2.75, 3.05) is 7.05 Å². The van der Waals surface area contributed by atoms with Gasteiger partial charge in [-0.05, 0) is 13.0 Å². The molecule has 1 aromatic rings. The SMILES string of the molecule is CC(C(=O)O)N(C)S(=O)(=O)c1cc(Cl)c([N+](=O)[O-])cc1F. The van der Waals surface area contributed by atoms with Crippen LogP contribution in [0.4, 0.5) is 10.1 Å². The molecule has 0 aromatic heterocycles. The number of aliphatic carboxylic acids is 1. The van der Waals surface area contributed by atoms with Crippen molar-refractivity contribution in [1.29, 1.82) is 0 Å². The van der Waals surface area contributed by atoms with E-state index in [0.717, 1.165) is 14.0 Å². The van der Waals surface area contributed by atoms with E-state index in [4.69, 9.17) is 16.7 Å². The predicted molar refractivity (Wildman–Crippen MR) is 70.1 cm³/mol. The van der Waals surface area contributed by atoms with E-state index in [-0.39, 0.29) is 0 Å². The normalized spacial score (nSPS) is 13.2. The van der Waals surface area contributed by atoms with Crippen molar-refractivity contribution >= 4 is 33.3 Å². The fourth-order valence-corrected chi connectivity index (χ4v) is 3.06. The molecule has 0 spiro atoms. The van der Waals surface area contributed by atoms with Gasteiger partial charge in [0.25, 0.3) is 5.69 Å². The number of benzene rings is 1. The fourth-order valence-electron chi connectivity index (χ4n) is 1.37. The Morgan fingerprint density at radius 1 is 1.52 bits per heavy atom. The molecule has 0 fully saturated rings. The van der Waals surface area contributed by atoms with Crippen molar-refractivity contribution < 1.29 is 27.6 Å². The maximum Gasteiger partial charge on any atom is 0.321 e. The van der Waals surface area contributed by atoms with Gasteiger partial charge in [-0.1, -0.05) is 11.6 Å². The highest BCUT2D eigenvalue weighted by Crippen LogP contribution is 2.31. The summed E-state index contributed by atoms with van der Waals surface area (Å²) >= 11 is 5.54. The van der Waals surface area contributed by atoms with Crippen molar-refractivity contribution in [3.05, 3.63) is 33.1 Å². The van der Waals surface area contributed by atoms with Crippen LogP contribution in [0.25, 0.3) is 0 Å². The molecule has 116 valence electrons. The molecule has 0 saturated carbocycles. The van der Waals surface area contributed by atoms with Crippen LogP contribution in [0.1, 0.15) is 6.92 Å². The van der Waals surface area contributed by atoms with E-state index in [1.165, 1.54) is 0 Å². The highest BCUT2D eigenvalue weighted by molar-refractivity contribution is 7.89. The maximum absolute atomic E-state index is 13.8. The molecule has 11 heteroatoms. The number of carboxylic acids is 1. The molecule has 1 aromatic carbocycles. The number of nitrogens with zero attached hydrogens (tertiary/aromatic N) is 2. The number of hydrogen-bond donors (Lipinski definition) is 1. The highest BCUT2D eigenvalue weighted by atomic mass is 35.5. The van der Waals surface area contributed by atoms with Crippen LogP contribution in [0.3, 0.4) is 0 Å².